The van der Waals surface area contributed by atoms with Crippen molar-refractivity contribution in [3.63, 3.8) is 0 Å². The molecular formula is C22H23FN4O3S2. The van der Waals surface area contributed by atoms with Crippen molar-refractivity contribution in [3.8, 4) is 0 Å². The minimum absolute atomic E-state index is 0.0899. The van der Waals surface area contributed by atoms with Gasteiger partial charge < -0.3 is 9.80 Å². The second-order valence-corrected chi connectivity index (χ2v) is 11.2. The van der Waals surface area contributed by atoms with Crippen LogP contribution in [0.3, 0.4) is 0 Å². The van der Waals surface area contributed by atoms with E-state index in [0.717, 1.165) is 28.2 Å². The Morgan fingerprint density at radius 3 is 2.44 bits per heavy atom. The van der Waals surface area contributed by atoms with Crippen LogP contribution in [0.4, 0.5) is 9.52 Å². The average molecular weight is 475 g/mol. The molecule has 0 N–H and O–H groups in total. The molecule has 1 saturated heterocycles. The van der Waals surface area contributed by atoms with E-state index in [1.54, 1.807) is 30.1 Å². The summed E-state index contributed by atoms with van der Waals surface area (Å²) in [6, 6.07) is 10.9. The summed E-state index contributed by atoms with van der Waals surface area (Å²) in [5, 5.41) is 0.826. The Hall–Kier alpha value is -2.56. The van der Waals surface area contributed by atoms with Crippen LogP contribution in [0, 0.1) is 5.82 Å². The molecule has 10 heteroatoms. The molecule has 5 rings (SSSR count). The van der Waals surface area contributed by atoms with Gasteiger partial charge >= 0.3 is 0 Å². The first kappa shape index (κ1) is 21.3. The zero-order chi connectivity index (χ0) is 22.5. The number of piperazine rings is 1. The van der Waals surface area contributed by atoms with Gasteiger partial charge in [0.2, 0.25) is 10.0 Å². The van der Waals surface area contributed by atoms with Crippen LogP contribution >= 0.6 is 11.3 Å². The topological polar surface area (TPSA) is 73.8 Å². The molecule has 168 valence electrons. The highest BCUT2D eigenvalue weighted by molar-refractivity contribution is 7.89. The Bertz CT molecular complexity index is 1260. The first-order valence-electron chi connectivity index (χ1n) is 10.5. The molecule has 0 spiro atoms. The molecule has 1 amide bonds. The molecule has 2 aliphatic rings. The van der Waals surface area contributed by atoms with Gasteiger partial charge in [0.25, 0.3) is 5.91 Å². The second-order valence-electron chi connectivity index (χ2n) is 8.16. The lowest BCUT2D eigenvalue weighted by Crippen LogP contribution is -2.48. The number of carbonyl (C=O) groups excluding carboxylic acids is 1. The lowest BCUT2D eigenvalue weighted by atomic mass is 10.2. The molecule has 2 heterocycles. The largest absolute Gasteiger partial charge is 0.345 e. The molecule has 0 radical (unpaired) electrons. The summed E-state index contributed by atoms with van der Waals surface area (Å²) in [4.78, 5) is 21.6. The Kier molecular flexibility index (Phi) is 5.39. The maximum absolute atomic E-state index is 13.4. The van der Waals surface area contributed by atoms with Crippen LogP contribution in [-0.4, -0.2) is 67.8 Å². The van der Waals surface area contributed by atoms with Gasteiger partial charge in [0.05, 0.1) is 15.1 Å². The summed E-state index contributed by atoms with van der Waals surface area (Å²) in [6.07, 6.45) is 1.79. The van der Waals surface area contributed by atoms with Crippen LogP contribution in [-0.2, 0) is 10.0 Å². The lowest BCUT2D eigenvalue weighted by Gasteiger charge is -2.34. The van der Waals surface area contributed by atoms with Gasteiger partial charge in [-0.05, 0) is 55.3 Å². The maximum Gasteiger partial charge on any atom is 0.253 e. The standard InChI is InChI=1S/C22H23FN4O3S2/c1-25(17-5-6-17)32(29,30)18-7-2-15(3-8-18)21(28)26-10-12-27(13-11-26)22-24-19-9-4-16(23)14-20(19)31-22/h2-4,7-9,14,17H,5-6,10-13H2,1H3. The van der Waals surface area contributed by atoms with Gasteiger partial charge in [-0.15, -0.1) is 0 Å². The number of thiazole rings is 1. The fourth-order valence-corrected chi connectivity index (χ4v) is 6.33. The number of benzene rings is 2. The van der Waals surface area contributed by atoms with Gasteiger partial charge in [-0.25, -0.2) is 17.8 Å². The summed E-state index contributed by atoms with van der Waals surface area (Å²) < 4.78 is 41.0. The van der Waals surface area contributed by atoms with E-state index in [1.165, 1.54) is 39.9 Å². The number of nitrogens with zero attached hydrogens (tertiary/aromatic N) is 4. The van der Waals surface area contributed by atoms with Crippen molar-refractivity contribution >= 4 is 42.6 Å². The molecule has 0 atom stereocenters. The highest BCUT2D eigenvalue weighted by Gasteiger charge is 2.35. The molecule has 3 aromatic rings. The summed E-state index contributed by atoms with van der Waals surface area (Å²) in [7, 11) is -1.92. The first-order valence-corrected chi connectivity index (χ1v) is 12.8. The Labute approximate surface area is 190 Å². The Balaban J connectivity index is 1.24. The molecule has 1 aliphatic carbocycles. The number of halogens is 1. The van der Waals surface area contributed by atoms with Crippen molar-refractivity contribution in [2.24, 2.45) is 0 Å². The molecule has 7 nitrogen and oxygen atoms in total. The molecule has 0 unspecified atom stereocenters. The number of aromatic nitrogens is 1. The van der Waals surface area contributed by atoms with Gasteiger partial charge in [0.15, 0.2) is 5.13 Å². The number of amides is 1. The molecule has 1 aliphatic heterocycles. The van der Waals surface area contributed by atoms with E-state index in [1.807, 2.05) is 0 Å². The third-order valence-corrected chi connectivity index (χ3v) is 9.02. The minimum Gasteiger partial charge on any atom is -0.345 e. The van der Waals surface area contributed by atoms with E-state index >= 15 is 0 Å². The summed E-state index contributed by atoms with van der Waals surface area (Å²) in [6.45, 7) is 2.33. The zero-order valence-corrected chi connectivity index (χ0v) is 19.2. The molecule has 2 aromatic carbocycles. The van der Waals surface area contributed by atoms with E-state index in [4.69, 9.17) is 0 Å². The van der Waals surface area contributed by atoms with Crippen LogP contribution in [0.2, 0.25) is 0 Å². The molecule has 0 bridgehead atoms. The van der Waals surface area contributed by atoms with Crippen molar-refractivity contribution in [3.05, 3.63) is 53.8 Å². The smallest absolute Gasteiger partial charge is 0.253 e. The van der Waals surface area contributed by atoms with Gasteiger partial charge in [0.1, 0.15) is 5.82 Å². The number of anilines is 1. The molecule has 1 aromatic heterocycles. The molecule has 2 fully saturated rings. The number of rotatable bonds is 5. The van der Waals surface area contributed by atoms with E-state index in [0.29, 0.717) is 31.7 Å². The van der Waals surface area contributed by atoms with Gasteiger partial charge in [-0.2, -0.15) is 4.31 Å². The third kappa shape index (κ3) is 3.98. The minimum atomic E-state index is -3.52. The second kappa shape index (κ2) is 8.09. The summed E-state index contributed by atoms with van der Waals surface area (Å²) in [5.41, 5.74) is 1.24. The normalized spacial score (nSPS) is 17.3. The Morgan fingerprint density at radius 1 is 1.09 bits per heavy atom. The van der Waals surface area contributed by atoms with E-state index in [-0.39, 0.29) is 22.7 Å². The molecular weight excluding hydrogens is 451 g/mol. The van der Waals surface area contributed by atoms with Crippen LogP contribution in [0.25, 0.3) is 10.2 Å². The first-order chi connectivity index (χ1) is 15.3. The Morgan fingerprint density at radius 2 is 1.78 bits per heavy atom. The monoisotopic (exact) mass is 474 g/mol. The van der Waals surface area contributed by atoms with Crippen molar-refractivity contribution in [2.75, 3.05) is 38.1 Å². The van der Waals surface area contributed by atoms with Gasteiger partial charge in [-0.1, -0.05) is 11.3 Å². The summed E-state index contributed by atoms with van der Waals surface area (Å²) in [5.74, 6) is -0.392. The SMILES string of the molecule is CN(C1CC1)S(=O)(=O)c1ccc(C(=O)N2CCN(c3nc4ccc(F)cc4s3)CC2)cc1. The number of hydrogen-bond acceptors (Lipinski definition) is 6. The number of hydrogen-bond donors (Lipinski definition) is 0. The van der Waals surface area contributed by atoms with Crippen LogP contribution in [0.5, 0.6) is 0 Å². The number of carbonyl (C=O) groups is 1. The number of fused-ring (bicyclic) bond motifs is 1. The fraction of sp³-hybridized carbons (Fsp3) is 0.364. The van der Waals surface area contributed by atoms with Gasteiger partial charge in [-0.3, -0.25) is 4.79 Å². The van der Waals surface area contributed by atoms with E-state index < -0.39 is 10.0 Å². The summed E-state index contributed by atoms with van der Waals surface area (Å²) >= 11 is 1.45. The van der Waals surface area contributed by atoms with Crippen molar-refractivity contribution in [2.45, 2.75) is 23.8 Å². The third-order valence-electron chi connectivity index (χ3n) is 6.02. The average Bonchev–Trinajstić information content (AvgIpc) is 3.57. The predicted octanol–water partition coefficient (Wildman–Crippen LogP) is 3.18. The van der Waals surface area contributed by atoms with Crippen molar-refractivity contribution in [1.82, 2.24) is 14.2 Å². The van der Waals surface area contributed by atoms with E-state index in [2.05, 4.69) is 9.88 Å². The molecule has 32 heavy (non-hydrogen) atoms. The van der Waals surface area contributed by atoms with Crippen LogP contribution < -0.4 is 4.90 Å². The molecule has 1 saturated carbocycles. The zero-order valence-electron chi connectivity index (χ0n) is 17.6. The predicted molar refractivity (Wildman–Crippen MR) is 122 cm³/mol. The lowest BCUT2D eigenvalue weighted by molar-refractivity contribution is 0.0746. The fourth-order valence-electron chi connectivity index (χ4n) is 3.88. The van der Waals surface area contributed by atoms with E-state index in [9.17, 15) is 17.6 Å². The van der Waals surface area contributed by atoms with Crippen molar-refractivity contribution in [1.29, 1.82) is 0 Å². The van der Waals surface area contributed by atoms with Gasteiger partial charge in [0, 0.05) is 44.8 Å². The van der Waals surface area contributed by atoms with Crippen LogP contribution in [0.15, 0.2) is 47.4 Å². The van der Waals surface area contributed by atoms with Crippen molar-refractivity contribution < 1.29 is 17.6 Å². The highest BCUT2D eigenvalue weighted by atomic mass is 32.2. The highest BCUT2D eigenvalue weighted by Crippen LogP contribution is 2.31. The quantitative estimate of drug-likeness (QED) is 0.568. The number of sulfonamides is 1. The maximum atomic E-state index is 13.4. The van der Waals surface area contributed by atoms with Crippen LogP contribution in [0.1, 0.15) is 23.2 Å².